The van der Waals surface area contributed by atoms with E-state index < -0.39 is 11.5 Å². The second-order valence-corrected chi connectivity index (χ2v) is 7.27. The fourth-order valence-electron chi connectivity index (χ4n) is 3.33. The summed E-state index contributed by atoms with van der Waals surface area (Å²) >= 11 is 0. The molecule has 3 aromatic rings. The molecular formula is C24H26N2O5. The van der Waals surface area contributed by atoms with Gasteiger partial charge in [0, 0.05) is 10.9 Å². The minimum absolute atomic E-state index is 0.380. The number of nitrogens with zero attached hydrogens (tertiary/aromatic N) is 1. The molecule has 1 N–H and O–H groups in total. The fraction of sp³-hybridized carbons (Fsp3) is 0.292. The third-order valence-corrected chi connectivity index (χ3v) is 5.37. The molecule has 7 heteroatoms. The third-order valence-electron chi connectivity index (χ3n) is 5.37. The smallest absolute Gasteiger partial charge is 0.331 e. The number of hydrogen-bond acceptors (Lipinski definition) is 6. The Hall–Kier alpha value is -3.61. The molecule has 0 saturated carbocycles. The van der Waals surface area contributed by atoms with E-state index in [0.29, 0.717) is 40.1 Å². The summed E-state index contributed by atoms with van der Waals surface area (Å²) in [5, 5.41) is 3.52. The molecular weight excluding hydrogens is 396 g/mol. The van der Waals surface area contributed by atoms with E-state index in [2.05, 4.69) is 5.32 Å². The molecule has 0 aliphatic heterocycles. The Morgan fingerprint density at radius 2 is 1.71 bits per heavy atom. The molecule has 0 fully saturated rings. The highest BCUT2D eigenvalue weighted by Crippen LogP contribution is 2.33. The Morgan fingerprint density at radius 3 is 2.35 bits per heavy atom. The van der Waals surface area contributed by atoms with E-state index in [1.54, 1.807) is 33.3 Å². The van der Waals surface area contributed by atoms with Crippen molar-refractivity contribution in [3.63, 3.8) is 0 Å². The molecule has 0 bridgehead atoms. The number of methoxy groups -OCH3 is 3. The minimum atomic E-state index is -1.14. The van der Waals surface area contributed by atoms with Gasteiger partial charge in [-0.3, -0.25) is 4.79 Å². The van der Waals surface area contributed by atoms with E-state index in [9.17, 15) is 9.59 Å². The minimum Gasteiger partial charge on any atom is -0.493 e. The lowest BCUT2D eigenvalue weighted by Crippen LogP contribution is -2.52. The number of carbonyl (C=O) groups is 2. The van der Waals surface area contributed by atoms with Crippen LogP contribution >= 0.6 is 0 Å². The van der Waals surface area contributed by atoms with Crippen LogP contribution in [0.4, 0.5) is 0 Å². The molecule has 1 unspecified atom stereocenters. The second-order valence-electron chi connectivity index (χ2n) is 7.27. The van der Waals surface area contributed by atoms with Gasteiger partial charge < -0.3 is 19.5 Å². The van der Waals surface area contributed by atoms with Gasteiger partial charge in [-0.05, 0) is 43.7 Å². The van der Waals surface area contributed by atoms with E-state index >= 15 is 0 Å². The average Bonchev–Trinajstić information content (AvgIpc) is 2.81. The van der Waals surface area contributed by atoms with E-state index in [0.717, 1.165) is 5.56 Å². The van der Waals surface area contributed by atoms with Crippen LogP contribution in [0.3, 0.4) is 0 Å². The standard InChI is InChI=1S/C24H26N2O5/c1-6-24(2,23(28)31-5)26-22(27)17-14-19(25-18-10-8-7-9-16(17)18)15-11-12-20(29-3)21(13-15)30-4/h7-14H,6H2,1-5H3,(H,26,27). The SMILES string of the molecule is CCC(C)(NC(=O)c1cc(-c2ccc(OC)c(OC)c2)nc2ccccc12)C(=O)OC. The fourth-order valence-corrected chi connectivity index (χ4v) is 3.33. The molecule has 0 aliphatic carbocycles. The molecule has 1 atom stereocenters. The number of ether oxygens (including phenoxy) is 3. The van der Waals surface area contributed by atoms with Crippen LogP contribution in [-0.4, -0.2) is 43.7 Å². The quantitative estimate of drug-likeness (QED) is 0.580. The van der Waals surface area contributed by atoms with E-state index in [4.69, 9.17) is 19.2 Å². The van der Waals surface area contributed by atoms with E-state index in [-0.39, 0.29) is 5.91 Å². The first kappa shape index (κ1) is 22.1. The van der Waals surface area contributed by atoms with Crippen LogP contribution in [0.5, 0.6) is 11.5 Å². The van der Waals surface area contributed by atoms with Crippen LogP contribution in [0.2, 0.25) is 0 Å². The number of benzene rings is 2. The highest BCUT2D eigenvalue weighted by atomic mass is 16.5. The molecule has 31 heavy (non-hydrogen) atoms. The zero-order valence-electron chi connectivity index (χ0n) is 18.3. The lowest BCUT2D eigenvalue weighted by molar-refractivity contribution is -0.147. The summed E-state index contributed by atoms with van der Waals surface area (Å²) in [4.78, 5) is 30.2. The molecule has 2 aromatic carbocycles. The summed E-state index contributed by atoms with van der Waals surface area (Å²) in [5.74, 6) is 0.281. The summed E-state index contributed by atoms with van der Waals surface area (Å²) < 4.78 is 15.6. The molecule has 7 nitrogen and oxygen atoms in total. The average molecular weight is 422 g/mol. The number of amides is 1. The maximum absolute atomic E-state index is 13.3. The zero-order chi connectivity index (χ0) is 22.6. The first-order valence-electron chi connectivity index (χ1n) is 9.90. The number of rotatable bonds is 7. The lowest BCUT2D eigenvalue weighted by Gasteiger charge is -2.26. The number of pyridine rings is 1. The number of esters is 1. The van der Waals surface area contributed by atoms with Crippen LogP contribution in [-0.2, 0) is 9.53 Å². The summed E-state index contributed by atoms with van der Waals surface area (Å²) in [7, 11) is 4.44. The van der Waals surface area contributed by atoms with Crippen LogP contribution in [0, 0.1) is 0 Å². The molecule has 162 valence electrons. The largest absolute Gasteiger partial charge is 0.493 e. The highest BCUT2D eigenvalue weighted by Gasteiger charge is 2.34. The van der Waals surface area contributed by atoms with Crippen molar-refractivity contribution in [3.05, 3.63) is 54.1 Å². The zero-order valence-corrected chi connectivity index (χ0v) is 18.3. The molecule has 0 radical (unpaired) electrons. The van der Waals surface area contributed by atoms with Gasteiger partial charge in [0.1, 0.15) is 5.54 Å². The van der Waals surface area contributed by atoms with E-state index in [1.165, 1.54) is 7.11 Å². The van der Waals surface area contributed by atoms with Crippen molar-refractivity contribution < 1.29 is 23.8 Å². The first-order chi connectivity index (χ1) is 14.9. The maximum Gasteiger partial charge on any atom is 0.331 e. The molecule has 1 amide bonds. The van der Waals surface area contributed by atoms with Crippen molar-refractivity contribution in [2.24, 2.45) is 0 Å². The molecule has 0 saturated heterocycles. The summed E-state index contributed by atoms with van der Waals surface area (Å²) in [6, 6.07) is 14.5. The van der Waals surface area contributed by atoms with Gasteiger partial charge in [-0.1, -0.05) is 25.1 Å². The summed E-state index contributed by atoms with van der Waals surface area (Å²) in [5.41, 5.74) is 1.31. The Labute approximate surface area is 181 Å². The van der Waals surface area contributed by atoms with Gasteiger partial charge in [0.2, 0.25) is 0 Å². The van der Waals surface area contributed by atoms with Crippen LogP contribution in [0.15, 0.2) is 48.5 Å². The molecule has 0 aliphatic rings. The second kappa shape index (κ2) is 9.04. The third kappa shape index (κ3) is 4.30. The van der Waals surface area contributed by atoms with Crippen molar-refractivity contribution in [3.8, 4) is 22.8 Å². The van der Waals surface area contributed by atoms with Gasteiger partial charge in [-0.15, -0.1) is 0 Å². The van der Waals surface area contributed by atoms with E-state index in [1.807, 2.05) is 43.3 Å². The predicted molar refractivity (Wildman–Crippen MR) is 118 cm³/mol. The Kier molecular flexibility index (Phi) is 6.44. The normalized spacial score (nSPS) is 12.7. The van der Waals surface area contributed by atoms with Crippen molar-refractivity contribution in [2.75, 3.05) is 21.3 Å². The number of carbonyl (C=O) groups excluding carboxylic acids is 2. The van der Waals surface area contributed by atoms with Gasteiger partial charge >= 0.3 is 5.97 Å². The number of nitrogens with one attached hydrogen (secondary N) is 1. The van der Waals surface area contributed by atoms with Crippen LogP contribution in [0.1, 0.15) is 30.6 Å². The summed E-state index contributed by atoms with van der Waals surface area (Å²) in [6.07, 6.45) is 0.386. The molecule has 1 heterocycles. The Bertz CT molecular complexity index is 1130. The first-order valence-corrected chi connectivity index (χ1v) is 9.90. The maximum atomic E-state index is 13.3. The number of fused-ring (bicyclic) bond motifs is 1. The monoisotopic (exact) mass is 422 g/mol. The summed E-state index contributed by atoms with van der Waals surface area (Å²) in [6.45, 7) is 3.46. The Balaban J connectivity index is 2.12. The molecule has 0 spiro atoms. The number of hydrogen-bond donors (Lipinski definition) is 1. The van der Waals surface area contributed by atoms with Gasteiger partial charge in [-0.2, -0.15) is 0 Å². The van der Waals surface area contributed by atoms with Crippen molar-refractivity contribution in [1.29, 1.82) is 0 Å². The van der Waals surface area contributed by atoms with Crippen LogP contribution < -0.4 is 14.8 Å². The predicted octanol–water partition coefficient (Wildman–Crippen LogP) is 3.99. The number of aromatic nitrogens is 1. The van der Waals surface area contributed by atoms with Crippen molar-refractivity contribution in [2.45, 2.75) is 25.8 Å². The highest BCUT2D eigenvalue weighted by molar-refractivity contribution is 6.08. The molecule has 3 rings (SSSR count). The van der Waals surface area contributed by atoms with Crippen molar-refractivity contribution in [1.82, 2.24) is 10.3 Å². The van der Waals surface area contributed by atoms with Gasteiger partial charge in [0.15, 0.2) is 11.5 Å². The van der Waals surface area contributed by atoms with Gasteiger partial charge in [0.05, 0.1) is 38.1 Å². The van der Waals surface area contributed by atoms with Crippen molar-refractivity contribution >= 4 is 22.8 Å². The lowest BCUT2D eigenvalue weighted by atomic mass is 9.97. The van der Waals surface area contributed by atoms with Gasteiger partial charge in [-0.25, -0.2) is 9.78 Å². The number of para-hydroxylation sites is 1. The van der Waals surface area contributed by atoms with Gasteiger partial charge in [0.25, 0.3) is 5.91 Å². The Morgan fingerprint density at radius 1 is 1.00 bits per heavy atom. The topological polar surface area (TPSA) is 86.8 Å². The molecule has 1 aromatic heterocycles. The van der Waals surface area contributed by atoms with Crippen LogP contribution in [0.25, 0.3) is 22.2 Å².